The van der Waals surface area contributed by atoms with E-state index in [0.29, 0.717) is 11.3 Å². The van der Waals surface area contributed by atoms with Crippen molar-refractivity contribution in [2.24, 2.45) is 5.73 Å². The molecule has 0 aromatic rings. The van der Waals surface area contributed by atoms with Gasteiger partial charge in [0.25, 0.3) is 0 Å². The molecular formula is C12H23ClN2OS. The average Bonchev–Trinajstić information content (AvgIpc) is 2.26. The number of halogens is 1. The number of nitrogens with one attached hydrogen (secondary N) is 1. The maximum absolute atomic E-state index is 12.0. The first-order chi connectivity index (χ1) is 7.64. The Morgan fingerprint density at radius 3 is 2.59 bits per heavy atom. The highest BCUT2D eigenvalue weighted by atomic mass is 35.5. The minimum atomic E-state index is -0.535. The predicted octanol–water partition coefficient (Wildman–Crippen LogP) is 2.08. The Labute approximate surface area is 114 Å². The van der Waals surface area contributed by atoms with Gasteiger partial charge in [-0.25, -0.2) is 0 Å². The molecule has 2 aliphatic carbocycles. The fourth-order valence-corrected chi connectivity index (χ4v) is 3.43. The predicted molar refractivity (Wildman–Crippen MR) is 75.7 cm³/mol. The quantitative estimate of drug-likeness (QED) is 0.831. The molecule has 3 nitrogen and oxygen atoms in total. The molecule has 0 radical (unpaired) electrons. The zero-order valence-corrected chi connectivity index (χ0v) is 12.0. The van der Waals surface area contributed by atoms with E-state index in [0.717, 1.165) is 32.1 Å². The lowest BCUT2D eigenvalue weighted by Crippen LogP contribution is -2.60. The van der Waals surface area contributed by atoms with Crippen molar-refractivity contribution in [3.63, 3.8) is 0 Å². The molecule has 2 aliphatic rings. The van der Waals surface area contributed by atoms with Gasteiger partial charge in [0.1, 0.15) is 0 Å². The van der Waals surface area contributed by atoms with Crippen LogP contribution in [0.4, 0.5) is 0 Å². The van der Waals surface area contributed by atoms with Gasteiger partial charge in [0.15, 0.2) is 0 Å². The van der Waals surface area contributed by atoms with E-state index in [9.17, 15) is 4.79 Å². The lowest BCUT2D eigenvalue weighted by atomic mass is 9.76. The normalized spacial score (nSPS) is 30.9. The second-order valence-corrected chi connectivity index (χ2v) is 6.34. The van der Waals surface area contributed by atoms with Crippen LogP contribution in [0.2, 0.25) is 0 Å². The van der Waals surface area contributed by atoms with Gasteiger partial charge < -0.3 is 11.1 Å². The second kappa shape index (κ2) is 6.30. The molecule has 0 aromatic heterocycles. The highest BCUT2D eigenvalue weighted by molar-refractivity contribution is 7.99. The second-order valence-electron chi connectivity index (χ2n) is 5.20. The number of hydrogen-bond acceptors (Lipinski definition) is 3. The molecule has 0 heterocycles. The number of hydrogen-bond donors (Lipinski definition) is 2. The molecule has 2 unspecified atom stereocenters. The summed E-state index contributed by atoms with van der Waals surface area (Å²) in [5.41, 5.74) is 5.48. The molecule has 17 heavy (non-hydrogen) atoms. The van der Waals surface area contributed by atoms with Crippen LogP contribution in [-0.4, -0.2) is 29.0 Å². The Kier molecular flexibility index (Phi) is 5.61. The van der Waals surface area contributed by atoms with E-state index < -0.39 is 5.54 Å². The summed E-state index contributed by atoms with van der Waals surface area (Å²) in [4.78, 5) is 12.0. The summed E-state index contributed by atoms with van der Waals surface area (Å²) < 4.78 is 0. The van der Waals surface area contributed by atoms with E-state index in [2.05, 4.69) is 11.6 Å². The van der Waals surface area contributed by atoms with E-state index in [-0.39, 0.29) is 18.3 Å². The van der Waals surface area contributed by atoms with Gasteiger partial charge in [0, 0.05) is 11.3 Å². The van der Waals surface area contributed by atoms with Crippen molar-refractivity contribution in [2.45, 2.75) is 61.8 Å². The van der Waals surface area contributed by atoms with Crippen molar-refractivity contribution < 1.29 is 4.79 Å². The summed E-state index contributed by atoms with van der Waals surface area (Å²) in [7, 11) is 0. The van der Waals surface area contributed by atoms with Gasteiger partial charge in [-0.1, -0.05) is 6.42 Å². The highest BCUT2D eigenvalue weighted by Crippen LogP contribution is 2.31. The SMILES string of the molecule is CSC1CCCC(NC(=O)C2(N)CCC2)C1.Cl. The van der Waals surface area contributed by atoms with Crippen LogP contribution in [0.5, 0.6) is 0 Å². The zero-order chi connectivity index (χ0) is 11.6. The largest absolute Gasteiger partial charge is 0.352 e. The lowest BCUT2D eigenvalue weighted by Gasteiger charge is -2.38. The monoisotopic (exact) mass is 278 g/mol. The number of thioether (sulfide) groups is 1. The van der Waals surface area contributed by atoms with Crippen molar-refractivity contribution in [2.75, 3.05) is 6.26 Å². The summed E-state index contributed by atoms with van der Waals surface area (Å²) >= 11 is 1.92. The third-order valence-corrected chi connectivity index (χ3v) is 5.09. The molecule has 100 valence electrons. The van der Waals surface area contributed by atoms with Crippen molar-refractivity contribution in [3.8, 4) is 0 Å². The third-order valence-electron chi connectivity index (χ3n) is 3.99. The maximum atomic E-state index is 12.0. The van der Waals surface area contributed by atoms with Gasteiger partial charge in [0.2, 0.25) is 5.91 Å². The summed E-state index contributed by atoms with van der Waals surface area (Å²) in [6, 6.07) is 0.361. The molecule has 0 spiro atoms. The van der Waals surface area contributed by atoms with Crippen molar-refractivity contribution in [1.29, 1.82) is 0 Å². The van der Waals surface area contributed by atoms with Crippen LogP contribution in [0.15, 0.2) is 0 Å². The van der Waals surface area contributed by atoms with Gasteiger partial charge in [-0.15, -0.1) is 12.4 Å². The molecule has 1 amide bonds. The Morgan fingerprint density at radius 2 is 2.06 bits per heavy atom. The molecule has 2 rings (SSSR count). The summed E-state index contributed by atoms with van der Waals surface area (Å²) in [6.45, 7) is 0. The number of carbonyl (C=O) groups is 1. The van der Waals surface area contributed by atoms with E-state index in [1.165, 1.54) is 12.8 Å². The average molecular weight is 279 g/mol. The fraction of sp³-hybridized carbons (Fsp3) is 0.917. The van der Waals surface area contributed by atoms with Crippen LogP contribution in [0.25, 0.3) is 0 Å². The summed E-state index contributed by atoms with van der Waals surface area (Å²) in [6.07, 6.45) is 9.74. The van der Waals surface area contributed by atoms with Crippen molar-refractivity contribution in [3.05, 3.63) is 0 Å². The first-order valence-electron chi connectivity index (χ1n) is 6.27. The number of nitrogens with two attached hydrogens (primary N) is 1. The molecule has 0 aliphatic heterocycles. The van der Waals surface area contributed by atoms with E-state index >= 15 is 0 Å². The fourth-order valence-electron chi connectivity index (χ4n) is 2.60. The topological polar surface area (TPSA) is 55.1 Å². The molecule has 2 saturated carbocycles. The first kappa shape index (κ1) is 15.1. The minimum absolute atomic E-state index is 0. The Bertz CT molecular complexity index is 271. The van der Waals surface area contributed by atoms with Gasteiger partial charge >= 0.3 is 0 Å². The number of rotatable bonds is 3. The molecular weight excluding hydrogens is 256 g/mol. The zero-order valence-electron chi connectivity index (χ0n) is 10.4. The van der Waals surface area contributed by atoms with Crippen LogP contribution in [-0.2, 0) is 4.79 Å². The van der Waals surface area contributed by atoms with E-state index in [1.54, 1.807) is 0 Å². The molecule has 3 N–H and O–H groups in total. The Morgan fingerprint density at radius 1 is 1.35 bits per heavy atom. The molecule has 2 atom stereocenters. The van der Waals surface area contributed by atoms with E-state index in [4.69, 9.17) is 5.73 Å². The van der Waals surface area contributed by atoms with Gasteiger partial charge in [-0.3, -0.25) is 4.79 Å². The van der Waals surface area contributed by atoms with Crippen molar-refractivity contribution >= 4 is 30.1 Å². The molecule has 2 fully saturated rings. The van der Waals surface area contributed by atoms with Crippen LogP contribution < -0.4 is 11.1 Å². The van der Waals surface area contributed by atoms with Gasteiger partial charge in [0.05, 0.1) is 5.54 Å². The van der Waals surface area contributed by atoms with Crippen LogP contribution >= 0.6 is 24.2 Å². The molecule has 0 bridgehead atoms. The van der Waals surface area contributed by atoms with E-state index in [1.807, 2.05) is 11.8 Å². The van der Waals surface area contributed by atoms with Crippen LogP contribution in [0.3, 0.4) is 0 Å². The Hall–Kier alpha value is 0.0700. The summed E-state index contributed by atoms with van der Waals surface area (Å²) in [5.74, 6) is 0.0884. The summed E-state index contributed by atoms with van der Waals surface area (Å²) in [5, 5.41) is 3.87. The van der Waals surface area contributed by atoms with Crippen molar-refractivity contribution in [1.82, 2.24) is 5.32 Å². The standard InChI is InChI=1S/C12H22N2OS.ClH/c1-16-10-5-2-4-9(8-10)14-11(15)12(13)6-3-7-12;/h9-10H,2-8,13H2,1H3,(H,14,15);1H. The molecule has 5 heteroatoms. The lowest BCUT2D eigenvalue weighted by molar-refractivity contribution is -0.130. The smallest absolute Gasteiger partial charge is 0.240 e. The number of amides is 1. The Balaban J connectivity index is 0.00000144. The molecule has 0 aromatic carbocycles. The maximum Gasteiger partial charge on any atom is 0.240 e. The minimum Gasteiger partial charge on any atom is -0.352 e. The molecule has 0 saturated heterocycles. The third kappa shape index (κ3) is 3.52. The first-order valence-corrected chi connectivity index (χ1v) is 7.55. The van der Waals surface area contributed by atoms with Crippen LogP contribution in [0, 0.1) is 0 Å². The highest BCUT2D eigenvalue weighted by Gasteiger charge is 2.41. The number of carbonyl (C=O) groups excluding carboxylic acids is 1. The van der Waals surface area contributed by atoms with Crippen LogP contribution in [0.1, 0.15) is 44.9 Å². The van der Waals surface area contributed by atoms with Gasteiger partial charge in [-0.05, 0) is 44.8 Å². The van der Waals surface area contributed by atoms with Gasteiger partial charge in [-0.2, -0.15) is 11.8 Å².